The summed E-state index contributed by atoms with van der Waals surface area (Å²) in [6.45, 7) is 1.65. The van der Waals surface area contributed by atoms with Gasteiger partial charge in [0, 0.05) is 12.4 Å². The number of amides is 1. The summed E-state index contributed by atoms with van der Waals surface area (Å²) >= 11 is 3.17. The number of aromatic amines is 1. The van der Waals surface area contributed by atoms with Crippen LogP contribution in [0.2, 0.25) is 0 Å². The fourth-order valence-electron chi connectivity index (χ4n) is 1.60. The zero-order valence-corrected chi connectivity index (χ0v) is 12.3. The predicted molar refractivity (Wildman–Crippen MR) is 74.7 cm³/mol. The molecule has 2 N–H and O–H groups in total. The van der Waals surface area contributed by atoms with E-state index in [0.29, 0.717) is 16.0 Å². The molecule has 0 saturated heterocycles. The molecule has 1 heterocycles. The summed E-state index contributed by atoms with van der Waals surface area (Å²) in [6, 6.07) is 3.77. The Bertz CT molecular complexity index is 589. The molecule has 2 aromatic rings. The number of rotatable bonds is 5. The predicted octanol–water partition coefficient (Wildman–Crippen LogP) is 2.57. The second-order valence-electron chi connectivity index (χ2n) is 4.13. The first-order valence-electron chi connectivity index (χ1n) is 5.92. The third-order valence-corrected chi connectivity index (χ3v) is 3.18. The van der Waals surface area contributed by atoms with E-state index >= 15 is 0 Å². The maximum Gasteiger partial charge on any atom is 0.258 e. The number of benzene rings is 1. The maximum atomic E-state index is 12.9. The number of ether oxygens (including phenoxy) is 1. The van der Waals surface area contributed by atoms with Gasteiger partial charge in [0.1, 0.15) is 17.4 Å². The van der Waals surface area contributed by atoms with Crippen LogP contribution >= 0.6 is 15.9 Å². The van der Waals surface area contributed by atoms with Gasteiger partial charge in [-0.2, -0.15) is 0 Å². The first-order valence-corrected chi connectivity index (χ1v) is 6.72. The van der Waals surface area contributed by atoms with Crippen LogP contribution < -0.4 is 10.1 Å². The molecule has 0 aliphatic carbocycles. The molecule has 106 valence electrons. The van der Waals surface area contributed by atoms with Gasteiger partial charge in [0.05, 0.1) is 10.5 Å². The Morgan fingerprint density at radius 1 is 1.60 bits per heavy atom. The van der Waals surface area contributed by atoms with E-state index in [2.05, 4.69) is 31.2 Å². The van der Waals surface area contributed by atoms with E-state index in [1.165, 1.54) is 18.2 Å². The summed E-state index contributed by atoms with van der Waals surface area (Å²) < 4.78 is 18.7. The Balaban J connectivity index is 1.86. The van der Waals surface area contributed by atoms with Crippen LogP contribution in [0.5, 0.6) is 5.75 Å². The number of carbonyl (C=O) groups is 1. The standard InChI is InChI=1S/C13H13BrFN3O2/c1-8(13-16-4-5-17-13)18-12(19)7-20-11-3-2-9(15)6-10(11)14/h2-6,8H,7H2,1H3,(H,16,17)(H,18,19). The van der Waals surface area contributed by atoms with E-state index in [9.17, 15) is 9.18 Å². The topological polar surface area (TPSA) is 67.0 Å². The third-order valence-electron chi connectivity index (χ3n) is 2.56. The molecule has 1 atom stereocenters. The Hall–Kier alpha value is -1.89. The van der Waals surface area contributed by atoms with E-state index in [0.717, 1.165) is 0 Å². The molecule has 7 heteroatoms. The number of nitrogens with zero attached hydrogens (tertiary/aromatic N) is 1. The highest BCUT2D eigenvalue weighted by Gasteiger charge is 2.12. The van der Waals surface area contributed by atoms with Crippen LogP contribution in [0.1, 0.15) is 18.8 Å². The minimum absolute atomic E-state index is 0.157. The van der Waals surface area contributed by atoms with Crippen molar-refractivity contribution in [3.8, 4) is 5.75 Å². The molecule has 0 radical (unpaired) electrons. The van der Waals surface area contributed by atoms with Crippen molar-refractivity contribution in [2.45, 2.75) is 13.0 Å². The number of H-pyrrole nitrogens is 1. The zero-order chi connectivity index (χ0) is 14.5. The van der Waals surface area contributed by atoms with Gasteiger partial charge >= 0.3 is 0 Å². The summed E-state index contributed by atoms with van der Waals surface area (Å²) in [6.07, 6.45) is 3.30. The molecule has 0 spiro atoms. The van der Waals surface area contributed by atoms with Gasteiger partial charge in [0.15, 0.2) is 6.61 Å². The highest BCUT2D eigenvalue weighted by atomic mass is 79.9. The van der Waals surface area contributed by atoms with Gasteiger partial charge in [-0.1, -0.05) is 0 Å². The Morgan fingerprint density at radius 3 is 3.05 bits per heavy atom. The van der Waals surface area contributed by atoms with Crippen molar-refractivity contribution >= 4 is 21.8 Å². The number of imidazole rings is 1. The second-order valence-corrected chi connectivity index (χ2v) is 4.98. The molecule has 20 heavy (non-hydrogen) atoms. The van der Waals surface area contributed by atoms with E-state index in [1.807, 2.05) is 6.92 Å². The van der Waals surface area contributed by atoms with Crippen LogP contribution in [-0.4, -0.2) is 22.5 Å². The van der Waals surface area contributed by atoms with Crippen molar-refractivity contribution in [3.05, 3.63) is 46.7 Å². The van der Waals surface area contributed by atoms with Gasteiger partial charge in [0.2, 0.25) is 0 Å². The van der Waals surface area contributed by atoms with E-state index in [4.69, 9.17) is 4.74 Å². The molecule has 0 aliphatic heterocycles. The van der Waals surface area contributed by atoms with Crippen molar-refractivity contribution in [1.29, 1.82) is 0 Å². The average molecular weight is 342 g/mol. The van der Waals surface area contributed by atoms with E-state index in [-0.39, 0.29) is 24.4 Å². The van der Waals surface area contributed by atoms with Gasteiger partial charge in [-0.05, 0) is 41.1 Å². The molecule has 2 rings (SSSR count). The van der Waals surface area contributed by atoms with Gasteiger partial charge in [-0.15, -0.1) is 0 Å². The van der Waals surface area contributed by atoms with Crippen molar-refractivity contribution in [1.82, 2.24) is 15.3 Å². The van der Waals surface area contributed by atoms with Crippen LogP contribution in [0.25, 0.3) is 0 Å². The summed E-state index contributed by atoms with van der Waals surface area (Å²) in [4.78, 5) is 18.7. The van der Waals surface area contributed by atoms with Crippen LogP contribution in [0.4, 0.5) is 4.39 Å². The number of halogens is 2. The molecule has 0 bridgehead atoms. The van der Waals surface area contributed by atoms with Crippen molar-refractivity contribution in [3.63, 3.8) is 0 Å². The molecule has 0 aliphatic rings. The Morgan fingerprint density at radius 2 is 2.40 bits per heavy atom. The lowest BCUT2D eigenvalue weighted by atomic mass is 10.3. The van der Waals surface area contributed by atoms with Gasteiger partial charge in [0.25, 0.3) is 5.91 Å². The minimum Gasteiger partial charge on any atom is -0.483 e. The lowest BCUT2D eigenvalue weighted by molar-refractivity contribution is -0.123. The lowest BCUT2D eigenvalue weighted by Crippen LogP contribution is -2.31. The summed E-state index contributed by atoms with van der Waals surface area (Å²) in [5, 5.41) is 2.74. The monoisotopic (exact) mass is 341 g/mol. The SMILES string of the molecule is CC(NC(=O)COc1ccc(F)cc1Br)c1ncc[nH]1. The molecule has 0 saturated carbocycles. The molecule has 1 aromatic heterocycles. The Kier molecular flexibility index (Phi) is 4.73. The quantitative estimate of drug-likeness (QED) is 0.878. The molecule has 0 fully saturated rings. The lowest BCUT2D eigenvalue weighted by Gasteiger charge is -2.12. The van der Waals surface area contributed by atoms with Gasteiger partial charge < -0.3 is 15.0 Å². The normalized spacial score (nSPS) is 11.9. The Labute approximate surface area is 123 Å². The zero-order valence-electron chi connectivity index (χ0n) is 10.7. The molecular formula is C13H13BrFN3O2. The maximum absolute atomic E-state index is 12.9. The third kappa shape index (κ3) is 3.80. The molecule has 1 unspecified atom stereocenters. The first-order chi connectivity index (χ1) is 9.56. The molecular weight excluding hydrogens is 329 g/mol. The van der Waals surface area contributed by atoms with Crippen LogP contribution in [-0.2, 0) is 4.79 Å². The fraction of sp³-hybridized carbons (Fsp3) is 0.231. The largest absolute Gasteiger partial charge is 0.483 e. The number of hydrogen-bond donors (Lipinski definition) is 2. The number of aromatic nitrogens is 2. The summed E-state index contributed by atoms with van der Waals surface area (Å²) in [5.41, 5.74) is 0. The number of carbonyl (C=O) groups excluding carboxylic acids is 1. The van der Waals surface area contributed by atoms with Gasteiger partial charge in [-0.3, -0.25) is 4.79 Å². The van der Waals surface area contributed by atoms with Crippen molar-refractivity contribution < 1.29 is 13.9 Å². The van der Waals surface area contributed by atoms with Crippen molar-refractivity contribution in [2.75, 3.05) is 6.61 Å². The summed E-state index contributed by atoms with van der Waals surface area (Å²) in [7, 11) is 0. The van der Waals surface area contributed by atoms with Crippen LogP contribution in [0.15, 0.2) is 35.1 Å². The summed E-state index contributed by atoms with van der Waals surface area (Å²) in [5.74, 6) is 0.416. The number of hydrogen-bond acceptors (Lipinski definition) is 3. The fourth-order valence-corrected chi connectivity index (χ4v) is 2.07. The molecule has 5 nitrogen and oxygen atoms in total. The molecule has 1 amide bonds. The highest BCUT2D eigenvalue weighted by Crippen LogP contribution is 2.25. The highest BCUT2D eigenvalue weighted by molar-refractivity contribution is 9.10. The molecule has 1 aromatic carbocycles. The minimum atomic E-state index is -0.375. The van der Waals surface area contributed by atoms with Crippen LogP contribution in [0.3, 0.4) is 0 Å². The average Bonchev–Trinajstić information content (AvgIpc) is 2.91. The van der Waals surface area contributed by atoms with E-state index < -0.39 is 0 Å². The number of nitrogens with one attached hydrogen (secondary N) is 2. The second kappa shape index (κ2) is 6.51. The van der Waals surface area contributed by atoms with Crippen molar-refractivity contribution in [2.24, 2.45) is 0 Å². The smallest absolute Gasteiger partial charge is 0.258 e. The van der Waals surface area contributed by atoms with E-state index in [1.54, 1.807) is 12.4 Å². The first kappa shape index (κ1) is 14.5. The van der Waals surface area contributed by atoms with Gasteiger partial charge in [-0.25, -0.2) is 9.37 Å². The van der Waals surface area contributed by atoms with Crippen LogP contribution in [0, 0.1) is 5.82 Å².